The van der Waals surface area contributed by atoms with Crippen LogP contribution in [0.4, 0.5) is 0 Å². The highest BCUT2D eigenvalue weighted by Crippen LogP contribution is 2.13. The lowest BCUT2D eigenvalue weighted by Crippen LogP contribution is -2.22. The summed E-state index contributed by atoms with van der Waals surface area (Å²) < 4.78 is 10.2. The zero-order chi connectivity index (χ0) is 14.5. The predicted molar refractivity (Wildman–Crippen MR) is 74.7 cm³/mol. The van der Waals surface area contributed by atoms with Gasteiger partial charge in [0, 0.05) is 0 Å². The fourth-order valence-corrected chi connectivity index (χ4v) is 1.49. The zero-order valence-electron chi connectivity index (χ0n) is 12.2. The maximum absolute atomic E-state index is 11.8. The molecule has 0 rings (SSSR count). The third-order valence-electron chi connectivity index (χ3n) is 2.70. The van der Waals surface area contributed by atoms with E-state index in [9.17, 15) is 9.59 Å². The van der Waals surface area contributed by atoms with Gasteiger partial charge in [-0.15, -0.1) is 6.58 Å². The molecule has 0 aromatic heterocycles. The van der Waals surface area contributed by atoms with Crippen LogP contribution in [0.1, 0.15) is 52.4 Å². The minimum absolute atomic E-state index is 0.0701. The van der Waals surface area contributed by atoms with Crippen LogP contribution in [0.2, 0.25) is 0 Å². The fourth-order valence-electron chi connectivity index (χ4n) is 1.49. The summed E-state index contributed by atoms with van der Waals surface area (Å²) in [5.74, 6) is -1.14. The first-order valence-electron chi connectivity index (χ1n) is 7.08. The lowest BCUT2D eigenvalue weighted by molar-refractivity contribution is -0.155. The molecule has 0 heterocycles. The van der Waals surface area contributed by atoms with E-state index in [2.05, 4.69) is 6.58 Å². The highest BCUT2D eigenvalue weighted by atomic mass is 16.5. The van der Waals surface area contributed by atoms with Gasteiger partial charge in [0.05, 0.1) is 25.6 Å². The number of hydrogen-bond acceptors (Lipinski definition) is 4. The van der Waals surface area contributed by atoms with E-state index in [-0.39, 0.29) is 18.4 Å². The van der Waals surface area contributed by atoms with Gasteiger partial charge < -0.3 is 9.47 Å². The van der Waals surface area contributed by atoms with E-state index in [1.54, 1.807) is 6.08 Å². The first kappa shape index (κ1) is 17.7. The Morgan fingerprint density at radius 2 is 1.68 bits per heavy atom. The van der Waals surface area contributed by atoms with Gasteiger partial charge in [-0.2, -0.15) is 0 Å². The summed E-state index contributed by atoms with van der Waals surface area (Å²) in [5, 5.41) is 0. The monoisotopic (exact) mass is 270 g/mol. The highest BCUT2D eigenvalue weighted by Gasteiger charge is 2.22. The van der Waals surface area contributed by atoms with Gasteiger partial charge in [-0.05, 0) is 19.3 Å². The van der Waals surface area contributed by atoms with Crippen molar-refractivity contribution in [3.05, 3.63) is 12.7 Å². The molecule has 4 nitrogen and oxygen atoms in total. The number of rotatable bonds is 11. The Labute approximate surface area is 116 Å². The SMILES string of the molecule is C=CCC(CC(=O)OCCCC)C(=O)OCCCC. The molecule has 0 N–H and O–H groups in total. The topological polar surface area (TPSA) is 52.6 Å². The van der Waals surface area contributed by atoms with Crippen molar-refractivity contribution in [3.8, 4) is 0 Å². The van der Waals surface area contributed by atoms with Gasteiger partial charge in [-0.1, -0.05) is 32.8 Å². The Kier molecular flexibility index (Phi) is 10.9. The van der Waals surface area contributed by atoms with E-state index in [1.165, 1.54) is 0 Å². The number of carbonyl (C=O) groups excluding carboxylic acids is 2. The van der Waals surface area contributed by atoms with Crippen molar-refractivity contribution >= 4 is 11.9 Å². The molecule has 1 atom stereocenters. The summed E-state index contributed by atoms with van der Waals surface area (Å²) >= 11 is 0. The van der Waals surface area contributed by atoms with Gasteiger partial charge in [0.1, 0.15) is 0 Å². The molecule has 0 saturated heterocycles. The van der Waals surface area contributed by atoms with Crippen molar-refractivity contribution in [3.63, 3.8) is 0 Å². The Balaban J connectivity index is 4.11. The van der Waals surface area contributed by atoms with E-state index in [0.717, 1.165) is 25.7 Å². The zero-order valence-corrected chi connectivity index (χ0v) is 12.2. The third kappa shape index (κ3) is 9.28. The molecule has 19 heavy (non-hydrogen) atoms. The second kappa shape index (κ2) is 11.8. The molecule has 0 aliphatic carbocycles. The summed E-state index contributed by atoms with van der Waals surface area (Å²) in [5.41, 5.74) is 0. The van der Waals surface area contributed by atoms with Crippen LogP contribution in [0.5, 0.6) is 0 Å². The number of allylic oxidation sites excluding steroid dienone is 1. The molecule has 0 fully saturated rings. The van der Waals surface area contributed by atoms with Crippen molar-refractivity contribution in [2.45, 2.75) is 52.4 Å². The van der Waals surface area contributed by atoms with Gasteiger partial charge in [-0.25, -0.2) is 0 Å². The van der Waals surface area contributed by atoms with Crippen LogP contribution < -0.4 is 0 Å². The highest BCUT2D eigenvalue weighted by molar-refractivity contribution is 5.80. The number of hydrogen-bond donors (Lipinski definition) is 0. The largest absolute Gasteiger partial charge is 0.466 e. The van der Waals surface area contributed by atoms with Gasteiger partial charge in [0.15, 0.2) is 0 Å². The molecular weight excluding hydrogens is 244 g/mol. The molecule has 0 aromatic carbocycles. The van der Waals surface area contributed by atoms with E-state index < -0.39 is 5.92 Å². The molecule has 0 bridgehead atoms. The predicted octanol–water partition coefficient (Wildman–Crippen LogP) is 3.26. The summed E-state index contributed by atoms with van der Waals surface area (Å²) in [6.07, 6.45) is 5.77. The molecule has 0 amide bonds. The first-order valence-corrected chi connectivity index (χ1v) is 7.08. The van der Waals surface area contributed by atoms with Crippen LogP contribution in [0.25, 0.3) is 0 Å². The van der Waals surface area contributed by atoms with Crippen LogP contribution in [-0.2, 0) is 19.1 Å². The summed E-state index contributed by atoms with van der Waals surface area (Å²) in [6.45, 7) is 8.49. The molecule has 0 radical (unpaired) electrons. The van der Waals surface area contributed by atoms with E-state index in [4.69, 9.17) is 9.47 Å². The molecule has 0 aliphatic rings. The van der Waals surface area contributed by atoms with Crippen LogP contribution >= 0.6 is 0 Å². The summed E-state index contributed by atoms with van der Waals surface area (Å²) in [4.78, 5) is 23.4. The maximum Gasteiger partial charge on any atom is 0.309 e. The standard InChI is InChI=1S/C15H26O4/c1-4-7-10-18-14(16)12-13(9-6-3)15(17)19-11-8-5-2/h6,13H,3-5,7-12H2,1-2H3. The van der Waals surface area contributed by atoms with Crippen LogP contribution in [0, 0.1) is 5.92 Å². The average Bonchev–Trinajstić information content (AvgIpc) is 2.38. The Morgan fingerprint density at radius 1 is 1.11 bits per heavy atom. The second-order valence-corrected chi connectivity index (χ2v) is 4.52. The number of ether oxygens (including phenoxy) is 2. The molecule has 0 saturated carbocycles. The minimum Gasteiger partial charge on any atom is -0.466 e. The van der Waals surface area contributed by atoms with Crippen molar-refractivity contribution in [1.29, 1.82) is 0 Å². The van der Waals surface area contributed by atoms with Crippen LogP contribution in [0.15, 0.2) is 12.7 Å². The lowest BCUT2D eigenvalue weighted by atomic mass is 10.0. The minimum atomic E-state index is -0.469. The van der Waals surface area contributed by atoms with Crippen molar-refractivity contribution in [2.75, 3.05) is 13.2 Å². The molecular formula is C15H26O4. The van der Waals surface area contributed by atoms with Gasteiger partial charge in [-0.3, -0.25) is 9.59 Å². The van der Waals surface area contributed by atoms with E-state index in [0.29, 0.717) is 19.6 Å². The van der Waals surface area contributed by atoms with Crippen LogP contribution in [0.3, 0.4) is 0 Å². The summed E-state index contributed by atoms with van der Waals surface area (Å²) in [6, 6.07) is 0. The van der Waals surface area contributed by atoms with Crippen molar-refractivity contribution in [1.82, 2.24) is 0 Å². The smallest absolute Gasteiger partial charge is 0.309 e. The molecule has 0 aromatic rings. The summed E-state index contributed by atoms with van der Waals surface area (Å²) in [7, 11) is 0. The number of esters is 2. The average molecular weight is 270 g/mol. The molecule has 110 valence electrons. The van der Waals surface area contributed by atoms with E-state index in [1.807, 2.05) is 13.8 Å². The fraction of sp³-hybridized carbons (Fsp3) is 0.733. The first-order chi connectivity index (χ1) is 9.15. The molecule has 4 heteroatoms. The number of carbonyl (C=O) groups is 2. The number of unbranched alkanes of at least 4 members (excludes halogenated alkanes) is 2. The Bertz CT molecular complexity index is 273. The molecule has 1 unspecified atom stereocenters. The van der Waals surface area contributed by atoms with E-state index >= 15 is 0 Å². The maximum atomic E-state index is 11.8. The van der Waals surface area contributed by atoms with Gasteiger partial charge >= 0.3 is 11.9 Å². The van der Waals surface area contributed by atoms with Crippen molar-refractivity contribution in [2.24, 2.45) is 5.92 Å². The lowest BCUT2D eigenvalue weighted by Gasteiger charge is -2.13. The third-order valence-corrected chi connectivity index (χ3v) is 2.70. The van der Waals surface area contributed by atoms with Crippen LogP contribution in [-0.4, -0.2) is 25.2 Å². The normalized spacial score (nSPS) is 11.7. The Morgan fingerprint density at radius 3 is 2.21 bits per heavy atom. The molecule has 0 aliphatic heterocycles. The van der Waals surface area contributed by atoms with Crippen molar-refractivity contribution < 1.29 is 19.1 Å². The van der Waals surface area contributed by atoms with Gasteiger partial charge in [0.2, 0.25) is 0 Å². The van der Waals surface area contributed by atoms with Gasteiger partial charge in [0.25, 0.3) is 0 Å². The molecule has 0 spiro atoms. The quantitative estimate of drug-likeness (QED) is 0.328. The Hall–Kier alpha value is -1.32. The second-order valence-electron chi connectivity index (χ2n) is 4.52.